The van der Waals surface area contributed by atoms with E-state index in [1.807, 2.05) is 0 Å². The number of carbonyl (C=O) groups is 1. The molecule has 0 saturated carbocycles. The fraction of sp³-hybridized carbons (Fsp3) is 0.0500. The molecule has 0 aliphatic rings. The Hall–Kier alpha value is -3.77. The molecule has 0 aliphatic carbocycles. The lowest BCUT2D eigenvalue weighted by Crippen LogP contribution is -2.16. The number of primary sulfonamides is 1. The third kappa shape index (κ3) is 4.31. The van der Waals surface area contributed by atoms with E-state index >= 15 is 0 Å². The van der Waals surface area contributed by atoms with E-state index in [2.05, 4.69) is 15.4 Å². The summed E-state index contributed by atoms with van der Waals surface area (Å²) >= 11 is 0. The summed E-state index contributed by atoms with van der Waals surface area (Å²) in [6.45, 7) is 0. The van der Waals surface area contributed by atoms with Crippen molar-refractivity contribution in [2.24, 2.45) is 5.14 Å². The molecule has 0 unspecified atom stereocenters. The molecule has 2 aromatic heterocycles. The van der Waals surface area contributed by atoms with Crippen LogP contribution >= 0.6 is 0 Å². The van der Waals surface area contributed by atoms with Crippen molar-refractivity contribution in [3.8, 4) is 11.3 Å². The summed E-state index contributed by atoms with van der Waals surface area (Å²) in [6.07, 6.45) is -4.74. The molecular formula is C20H14F3N5O3S. The van der Waals surface area contributed by atoms with E-state index in [4.69, 9.17) is 5.14 Å². The van der Waals surface area contributed by atoms with Crippen LogP contribution in [0.2, 0.25) is 0 Å². The number of nitrogens with zero attached hydrogens (tertiary/aromatic N) is 3. The molecule has 3 N–H and O–H groups in total. The van der Waals surface area contributed by atoms with Gasteiger partial charge in [-0.2, -0.15) is 18.3 Å². The monoisotopic (exact) mass is 461 g/mol. The average Bonchev–Trinajstić information content (AvgIpc) is 3.17. The van der Waals surface area contributed by atoms with Crippen LogP contribution in [0.15, 0.2) is 71.6 Å². The maximum absolute atomic E-state index is 13.7. The van der Waals surface area contributed by atoms with Gasteiger partial charge in [0.05, 0.1) is 10.6 Å². The zero-order chi connectivity index (χ0) is 23.1. The van der Waals surface area contributed by atoms with Crippen LogP contribution < -0.4 is 10.5 Å². The highest BCUT2D eigenvalue weighted by Gasteiger charge is 2.35. The van der Waals surface area contributed by atoms with Crippen molar-refractivity contribution in [2.75, 3.05) is 5.32 Å². The van der Waals surface area contributed by atoms with Crippen molar-refractivity contribution in [3.63, 3.8) is 0 Å². The minimum atomic E-state index is -4.74. The van der Waals surface area contributed by atoms with Crippen LogP contribution in [0, 0.1) is 0 Å². The quantitative estimate of drug-likeness (QED) is 0.483. The summed E-state index contributed by atoms with van der Waals surface area (Å²) < 4.78 is 64.1. The lowest BCUT2D eigenvalue weighted by Gasteiger charge is -2.10. The summed E-state index contributed by atoms with van der Waals surface area (Å²) in [6, 6.07) is 15.3. The molecule has 1 amide bonds. The van der Waals surface area contributed by atoms with E-state index in [-0.39, 0.29) is 27.6 Å². The van der Waals surface area contributed by atoms with Crippen LogP contribution in [0.5, 0.6) is 0 Å². The van der Waals surface area contributed by atoms with Gasteiger partial charge in [-0.05, 0) is 30.3 Å². The molecule has 0 fully saturated rings. The molecule has 4 rings (SSSR count). The van der Waals surface area contributed by atoms with Crippen molar-refractivity contribution >= 4 is 27.3 Å². The molecule has 12 heteroatoms. The molecule has 32 heavy (non-hydrogen) atoms. The van der Waals surface area contributed by atoms with Gasteiger partial charge in [0.15, 0.2) is 17.0 Å². The van der Waals surface area contributed by atoms with Gasteiger partial charge in [0.2, 0.25) is 10.0 Å². The zero-order valence-electron chi connectivity index (χ0n) is 16.0. The Balaban J connectivity index is 1.71. The molecule has 2 aromatic carbocycles. The molecule has 0 saturated heterocycles. The number of anilines is 1. The first-order valence-corrected chi connectivity index (χ1v) is 10.5. The first-order chi connectivity index (χ1) is 15.0. The van der Waals surface area contributed by atoms with Crippen molar-refractivity contribution < 1.29 is 26.4 Å². The van der Waals surface area contributed by atoms with Gasteiger partial charge in [0, 0.05) is 17.3 Å². The predicted molar refractivity (Wildman–Crippen MR) is 109 cm³/mol. The summed E-state index contributed by atoms with van der Waals surface area (Å²) in [5.41, 5.74) is -0.790. The highest BCUT2D eigenvalue weighted by molar-refractivity contribution is 7.89. The Morgan fingerprint density at radius 1 is 1.00 bits per heavy atom. The maximum Gasteiger partial charge on any atom is 0.433 e. The van der Waals surface area contributed by atoms with Gasteiger partial charge in [0.1, 0.15) is 0 Å². The predicted octanol–water partition coefficient (Wildman–Crippen LogP) is 3.31. The van der Waals surface area contributed by atoms with Crippen LogP contribution in [0.4, 0.5) is 18.9 Å². The molecule has 0 bridgehead atoms. The number of hydrogen-bond acceptors (Lipinski definition) is 5. The topological polar surface area (TPSA) is 119 Å². The molecule has 0 radical (unpaired) electrons. The number of amides is 1. The number of rotatable bonds is 4. The first-order valence-electron chi connectivity index (χ1n) is 9.00. The van der Waals surface area contributed by atoms with Gasteiger partial charge in [-0.1, -0.05) is 30.3 Å². The van der Waals surface area contributed by atoms with Gasteiger partial charge in [-0.3, -0.25) is 4.79 Å². The summed E-state index contributed by atoms with van der Waals surface area (Å²) in [5, 5.41) is 11.2. The third-order valence-corrected chi connectivity index (χ3v) is 5.39. The molecular weight excluding hydrogens is 447 g/mol. The molecule has 8 nitrogen and oxygen atoms in total. The number of aromatic nitrogens is 3. The number of nitrogens with one attached hydrogen (secondary N) is 1. The zero-order valence-corrected chi connectivity index (χ0v) is 16.9. The summed E-state index contributed by atoms with van der Waals surface area (Å²) in [4.78, 5) is 16.6. The average molecular weight is 461 g/mol. The Morgan fingerprint density at radius 3 is 2.25 bits per heavy atom. The molecule has 2 heterocycles. The lowest BCUT2D eigenvalue weighted by atomic mass is 10.1. The van der Waals surface area contributed by atoms with Gasteiger partial charge in [0.25, 0.3) is 5.91 Å². The van der Waals surface area contributed by atoms with E-state index < -0.39 is 27.8 Å². The van der Waals surface area contributed by atoms with E-state index in [0.29, 0.717) is 10.1 Å². The normalized spacial score (nSPS) is 12.1. The van der Waals surface area contributed by atoms with Crippen molar-refractivity contribution in [2.45, 2.75) is 11.1 Å². The van der Waals surface area contributed by atoms with E-state index in [9.17, 15) is 26.4 Å². The van der Waals surface area contributed by atoms with Gasteiger partial charge in [-0.15, -0.1) is 0 Å². The molecule has 0 spiro atoms. The Bertz CT molecular complexity index is 1420. The van der Waals surface area contributed by atoms with Crippen molar-refractivity contribution in [1.29, 1.82) is 0 Å². The van der Waals surface area contributed by atoms with Crippen LogP contribution in [-0.2, 0) is 16.2 Å². The number of sulfonamides is 1. The largest absolute Gasteiger partial charge is 0.433 e. The highest BCUT2D eigenvalue weighted by atomic mass is 32.2. The van der Waals surface area contributed by atoms with E-state index in [1.165, 1.54) is 24.3 Å². The number of carbonyl (C=O) groups excluding carboxylic acids is 1. The molecule has 0 aliphatic heterocycles. The van der Waals surface area contributed by atoms with E-state index in [0.717, 1.165) is 12.1 Å². The van der Waals surface area contributed by atoms with Gasteiger partial charge < -0.3 is 5.32 Å². The Labute approximate surface area is 179 Å². The van der Waals surface area contributed by atoms with Crippen molar-refractivity contribution in [1.82, 2.24) is 14.6 Å². The second-order valence-corrected chi connectivity index (χ2v) is 8.27. The fourth-order valence-corrected chi connectivity index (χ4v) is 3.48. The van der Waals surface area contributed by atoms with Crippen LogP contribution in [0.1, 0.15) is 16.2 Å². The van der Waals surface area contributed by atoms with Crippen LogP contribution in [-0.4, -0.2) is 28.9 Å². The number of nitrogens with two attached hydrogens (primary N) is 1. The number of benzene rings is 2. The van der Waals surface area contributed by atoms with E-state index in [1.54, 1.807) is 30.3 Å². The number of halogens is 3. The molecule has 164 valence electrons. The number of hydrogen-bond donors (Lipinski definition) is 2. The molecule has 4 aromatic rings. The standard InChI is InChI=1S/C20H14F3N5O3S/c21-20(22,23)17-10-15(12-4-2-1-3-5-12)26-18-11-16(27-28(17)18)19(29)25-13-6-8-14(9-7-13)32(24,30)31/h1-11H,(H,25,29)(H2,24,30,31). The second-order valence-electron chi connectivity index (χ2n) is 6.71. The minimum absolute atomic E-state index is 0.0795. The molecule has 0 atom stereocenters. The summed E-state index contributed by atoms with van der Waals surface area (Å²) in [7, 11) is -3.91. The van der Waals surface area contributed by atoms with Gasteiger partial charge in [-0.25, -0.2) is 23.1 Å². The minimum Gasteiger partial charge on any atom is -0.321 e. The Morgan fingerprint density at radius 2 is 1.66 bits per heavy atom. The SMILES string of the molecule is NS(=O)(=O)c1ccc(NC(=O)c2cc3nc(-c4ccccc4)cc(C(F)(F)F)n3n2)cc1. The van der Waals surface area contributed by atoms with Gasteiger partial charge >= 0.3 is 6.18 Å². The number of alkyl halides is 3. The highest BCUT2D eigenvalue weighted by Crippen LogP contribution is 2.32. The number of fused-ring (bicyclic) bond motifs is 1. The van der Waals surface area contributed by atoms with Crippen molar-refractivity contribution in [3.05, 3.63) is 78.1 Å². The maximum atomic E-state index is 13.7. The van der Waals surface area contributed by atoms with Crippen LogP contribution in [0.25, 0.3) is 16.9 Å². The fourth-order valence-electron chi connectivity index (χ4n) is 2.97. The first kappa shape index (κ1) is 21.5. The third-order valence-electron chi connectivity index (χ3n) is 4.46. The van der Waals surface area contributed by atoms with Crippen LogP contribution in [0.3, 0.4) is 0 Å². The summed E-state index contributed by atoms with van der Waals surface area (Å²) in [5.74, 6) is -0.798. The smallest absolute Gasteiger partial charge is 0.321 e. The lowest BCUT2D eigenvalue weighted by molar-refractivity contribution is -0.142. The second kappa shape index (κ2) is 7.73. The Kier molecular flexibility index (Phi) is 5.18.